The Bertz CT molecular complexity index is 837. The number of amides is 1. The number of carbonyl (C=O) groups is 1. The molecule has 2 rings (SSSR count). The number of hydrogen-bond acceptors (Lipinski definition) is 5. The molecule has 1 heterocycles. The van der Waals surface area contributed by atoms with Crippen LogP contribution in [0.25, 0.3) is 11.4 Å². The fraction of sp³-hybridized carbons (Fsp3) is 0.400. The molecule has 26 heavy (non-hydrogen) atoms. The lowest BCUT2D eigenvalue weighted by Crippen LogP contribution is -2.31. The zero-order valence-corrected chi connectivity index (χ0v) is 15.1. The third-order valence-corrected chi connectivity index (χ3v) is 4.25. The van der Waals surface area contributed by atoms with E-state index in [9.17, 15) is 13.2 Å². The Hall–Kier alpha value is -2.50. The second-order valence-corrected chi connectivity index (χ2v) is 7.10. The van der Waals surface area contributed by atoms with E-state index in [4.69, 9.17) is 10.2 Å². The molecule has 142 valence electrons. The summed E-state index contributed by atoms with van der Waals surface area (Å²) in [5, 5.41) is 20.7. The van der Waals surface area contributed by atoms with E-state index in [1.54, 1.807) is 11.7 Å². The monoisotopic (exact) mass is 382 g/mol. The summed E-state index contributed by atoms with van der Waals surface area (Å²) in [6.45, 7) is 0.184. The number of nitrogens with zero attached hydrogens (tertiary/aromatic N) is 3. The van der Waals surface area contributed by atoms with Crippen LogP contribution in [-0.2, 0) is 17.3 Å². The molecule has 5 N–H and O–H groups in total. The highest BCUT2D eigenvalue weighted by Gasteiger charge is 2.20. The molecule has 11 heteroatoms. The van der Waals surface area contributed by atoms with Gasteiger partial charge in [0.05, 0.1) is 6.04 Å². The molecule has 1 atom stereocenters. The molecule has 1 unspecified atom stereocenters. The van der Waals surface area contributed by atoms with Gasteiger partial charge in [-0.15, -0.1) is 0 Å². The van der Waals surface area contributed by atoms with E-state index in [1.165, 1.54) is 0 Å². The van der Waals surface area contributed by atoms with Gasteiger partial charge >= 0.3 is 6.09 Å². The molecular weight excluding hydrogens is 360 g/mol. The number of nitrogens with one attached hydrogen (secondary N) is 2. The zero-order chi connectivity index (χ0) is 19.2. The van der Waals surface area contributed by atoms with Gasteiger partial charge in [-0.05, 0) is 19.3 Å². The van der Waals surface area contributed by atoms with Gasteiger partial charge in [0.1, 0.15) is 0 Å². The minimum Gasteiger partial charge on any atom is -0.465 e. The fourth-order valence-corrected chi connectivity index (χ4v) is 2.92. The highest BCUT2D eigenvalue weighted by atomic mass is 32.2. The van der Waals surface area contributed by atoms with E-state index in [0.717, 1.165) is 5.56 Å². The number of aromatic nitrogens is 3. The summed E-state index contributed by atoms with van der Waals surface area (Å²) in [7, 11) is -1.97. The summed E-state index contributed by atoms with van der Waals surface area (Å²) >= 11 is 0. The van der Waals surface area contributed by atoms with E-state index >= 15 is 0 Å². The van der Waals surface area contributed by atoms with Crippen molar-refractivity contribution in [2.24, 2.45) is 12.2 Å². The topological polar surface area (TPSA) is 152 Å². The van der Waals surface area contributed by atoms with Crippen LogP contribution in [0, 0.1) is 0 Å². The predicted molar refractivity (Wildman–Crippen MR) is 95.3 cm³/mol. The maximum absolute atomic E-state index is 11.1. The summed E-state index contributed by atoms with van der Waals surface area (Å²) in [5.74, 6) is 1.00. The minimum absolute atomic E-state index is 0.184. The van der Waals surface area contributed by atoms with Crippen LogP contribution < -0.4 is 15.2 Å². The molecule has 1 amide bonds. The van der Waals surface area contributed by atoms with Crippen LogP contribution in [-0.4, -0.2) is 40.9 Å². The molecule has 0 aliphatic rings. The maximum Gasteiger partial charge on any atom is 0.405 e. The second-order valence-electron chi connectivity index (χ2n) is 5.72. The molecule has 0 aliphatic carbocycles. The van der Waals surface area contributed by atoms with Crippen molar-refractivity contribution in [1.82, 2.24) is 24.8 Å². The Labute approximate surface area is 151 Å². The number of hydrogen-bond donors (Lipinski definition) is 4. The standard InChI is InChI=1S/C15H22N6O4S/c1-21-14(11-7-3-2-4-8-11)19-13(20-21)12(18-15(22)23)9-5-6-10-17-26(16,24)25/h2-4,7-8,12,17-18H,5-6,9-10H2,1H3,(H,22,23)(H2,16,24,25). The van der Waals surface area contributed by atoms with Crippen molar-refractivity contribution in [1.29, 1.82) is 0 Å². The first kappa shape index (κ1) is 19.8. The molecule has 0 radical (unpaired) electrons. The summed E-state index contributed by atoms with van der Waals surface area (Å²) < 4.78 is 25.4. The highest BCUT2D eigenvalue weighted by molar-refractivity contribution is 7.87. The average molecular weight is 382 g/mol. The number of nitrogens with two attached hydrogens (primary N) is 1. The van der Waals surface area contributed by atoms with Crippen LogP contribution in [0.3, 0.4) is 0 Å². The molecule has 1 aromatic carbocycles. The Morgan fingerprint density at radius 3 is 2.62 bits per heavy atom. The second kappa shape index (κ2) is 8.74. The Kier molecular flexibility index (Phi) is 6.66. The average Bonchev–Trinajstić information content (AvgIpc) is 2.94. The van der Waals surface area contributed by atoms with Crippen molar-refractivity contribution in [2.45, 2.75) is 25.3 Å². The number of aryl methyl sites for hydroxylation is 1. The van der Waals surface area contributed by atoms with Gasteiger partial charge < -0.3 is 10.4 Å². The van der Waals surface area contributed by atoms with Gasteiger partial charge in [-0.2, -0.15) is 13.5 Å². The van der Waals surface area contributed by atoms with Gasteiger partial charge in [-0.25, -0.2) is 24.3 Å². The van der Waals surface area contributed by atoms with Gasteiger partial charge in [0.15, 0.2) is 11.6 Å². The molecular formula is C15H22N6O4S. The normalized spacial score (nSPS) is 12.7. The first-order chi connectivity index (χ1) is 12.3. The third-order valence-electron chi connectivity index (χ3n) is 3.64. The van der Waals surface area contributed by atoms with Crippen molar-refractivity contribution in [2.75, 3.05) is 6.54 Å². The van der Waals surface area contributed by atoms with Gasteiger partial charge in [-0.1, -0.05) is 30.3 Å². The van der Waals surface area contributed by atoms with Crippen LogP contribution in [0.15, 0.2) is 30.3 Å². The van der Waals surface area contributed by atoms with E-state index in [1.807, 2.05) is 30.3 Å². The SMILES string of the molecule is Cn1nc(C(CCCCNS(N)(=O)=O)NC(=O)O)nc1-c1ccccc1. The van der Waals surface area contributed by atoms with E-state index < -0.39 is 22.3 Å². The highest BCUT2D eigenvalue weighted by Crippen LogP contribution is 2.21. The largest absolute Gasteiger partial charge is 0.465 e. The first-order valence-electron chi connectivity index (χ1n) is 7.99. The van der Waals surface area contributed by atoms with Gasteiger partial charge in [0, 0.05) is 19.2 Å². The summed E-state index contributed by atoms with van der Waals surface area (Å²) in [4.78, 5) is 15.5. The van der Waals surface area contributed by atoms with Crippen molar-refractivity contribution in [3.05, 3.63) is 36.2 Å². The van der Waals surface area contributed by atoms with Gasteiger partial charge in [0.2, 0.25) is 0 Å². The lowest BCUT2D eigenvalue weighted by molar-refractivity contribution is 0.188. The minimum atomic E-state index is -3.72. The molecule has 0 bridgehead atoms. The molecule has 0 fully saturated rings. The van der Waals surface area contributed by atoms with Gasteiger partial charge in [-0.3, -0.25) is 0 Å². The quantitative estimate of drug-likeness (QED) is 0.470. The predicted octanol–water partition coefficient (Wildman–Crippen LogP) is 0.754. The number of unbranched alkanes of at least 4 members (excludes halogenated alkanes) is 1. The first-order valence-corrected chi connectivity index (χ1v) is 9.54. The van der Waals surface area contributed by atoms with Crippen LogP contribution >= 0.6 is 0 Å². The summed E-state index contributed by atoms with van der Waals surface area (Å²) in [5.41, 5.74) is 0.875. The van der Waals surface area contributed by atoms with E-state index in [-0.39, 0.29) is 6.54 Å². The van der Waals surface area contributed by atoms with Crippen molar-refractivity contribution >= 4 is 16.3 Å². The maximum atomic E-state index is 11.1. The zero-order valence-electron chi connectivity index (χ0n) is 14.3. The fourth-order valence-electron chi connectivity index (χ4n) is 2.49. The molecule has 0 aliphatic heterocycles. The Morgan fingerprint density at radius 1 is 1.31 bits per heavy atom. The molecule has 0 spiro atoms. The number of carboxylic acid groups (broad SMARTS) is 1. The Balaban J connectivity index is 2.06. The van der Waals surface area contributed by atoms with Crippen LogP contribution in [0.2, 0.25) is 0 Å². The van der Waals surface area contributed by atoms with E-state index in [2.05, 4.69) is 20.1 Å². The summed E-state index contributed by atoms with van der Waals surface area (Å²) in [6, 6.07) is 8.86. The van der Waals surface area contributed by atoms with Crippen molar-refractivity contribution < 1.29 is 18.3 Å². The lowest BCUT2D eigenvalue weighted by Gasteiger charge is -2.13. The van der Waals surface area contributed by atoms with Gasteiger partial charge in [0.25, 0.3) is 10.2 Å². The number of rotatable bonds is 9. The smallest absolute Gasteiger partial charge is 0.405 e. The third kappa shape index (κ3) is 6.10. The van der Waals surface area contributed by atoms with Crippen LogP contribution in [0.5, 0.6) is 0 Å². The molecule has 0 saturated carbocycles. The lowest BCUT2D eigenvalue weighted by atomic mass is 10.1. The Morgan fingerprint density at radius 2 is 2.00 bits per heavy atom. The number of benzene rings is 1. The van der Waals surface area contributed by atoms with Crippen molar-refractivity contribution in [3.63, 3.8) is 0 Å². The summed E-state index contributed by atoms with van der Waals surface area (Å²) in [6.07, 6.45) is 0.321. The van der Waals surface area contributed by atoms with E-state index in [0.29, 0.717) is 30.9 Å². The van der Waals surface area contributed by atoms with Crippen molar-refractivity contribution in [3.8, 4) is 11.4 Å². The molecule has 2 aromatic rings. The van der Waals surface area contributed by atoms with Crippen LogP contribution in [0.4, 0.5) is 4.79 Å². The van der Waals surface area contributed by atoms with Crippen LogP contribution in [0.1, 0.15) is 31.1 Å². The molecule has 10 nitrogen and oxygen atoms in total. The molecule has 0 saturated heterocycles. The molecule has 1 aromatic heterocycles.